The minimum absolute atomic E-state index is 0.0586. The molecule has 0 radical (unpaired) electrons. The van der Waals surface area contributed by atoms with Gasteiger partial charge in [-0.15, -0.1) is 0 Å². The van der Waals surface area contributed by atoms with E-state index in [4.69, 9.17) is 0 Å². The molecule has 0 unspecified atom stereocenters. The molecular weight excluding hydrogens is 305 g/mol. The summed E-state index contributed by atoms with van der Waals surface area (Å²) in [5.41, 5.74) is 2.93. The van der Waals surface area contributed by atoms with Crippen molar-refractivity contribution in [3.8, 4) is 5.69 Å². The Morgan fingerprint density at radius 1 is 1.29 bits per heavy atom. The van der Waals surface area contributed by atoms with Gasteiger partial charge in [-0.25, -0.2) is 9.07 Å². The molecule has 1 aromatic carbocycles. The van der Waals surface area contributed by atoms with Crippen molar-refractivity contribution >= 4 is 5.91 Å². The quantitative estimate of drug-likeness (QED) is 0.857. The highest BCUT2D eigenvalue weighted by Gasteiger charge is 2.27. The molecule has 0 N–H and O–H groups in total. The van der Waals surface area contributed by atoms with Crippen molar-refractivity contribution in [3.05, 3.63) is 47.0 Å². The van der Waals surface area contributed by atoms with Crippen LogP contribution >= 0.6 is 0 Å². The lowest BCUT2D eigenvalue weighted by molar-refractivity contribution is 0.0791. The van der Waals surface area contributed by atoms with Crippen molar-refractivity contribution in [1.29, 1.82) is 0 Å². The summed E-state index contributed by atoms with van der Waals surface area (Å²) in [6, 6.07) is 6.33. The Hall–Kier alpha value is -2.17. The molecule has 24 heavy (non-hydrogen) atoms. The van der Waals surface area contributed by atoms with Crippen molar-refractivity contribution in [3.63, 3.8) is 0 Å². The Labute approximate surface area is 142 Å². The third-order valence-corrected chi connectivity index (χ3v) is 4.45. The Morgan fingerprint density at radius 2 is 2.00 bits per heavy atom. The molecule has 2 heterocycles. The van der Waals surface area contributed by atoms with Gasteiger partial charge in [0.2, 0.25) is 0 Å². The molecule has 0 atom stereocenters. The molecule has 1 aliphatic heterocycles. The molecule has 0 saturated carbocycles. The number of rotatable bonds is 4. The second-order valence-corrected chi connectivity index (χ2v) is 6.90. The summed E-state index contributed by atoms with van der Waals surface area (Å²) in [7, 11) is 0. The molecule has 3 rings (SSSR count). The summed E-state index contributed by atoms with van der Waals surface area (Å²) < 4.78 is 15.3. The molecule has 1 amide bonds. The fourth-order valence-corrected chi connectivity index (χ4v) is 3.31. The molecule has 0 bridgehead atoms. The van der Waals surface area contributed by atoms with Crippen LogP contribution in [-0.2, 0) is 6.42 Å². The van der Waals surface area contributed by atoms with Gasteiger partial charge in [-0.1, -0.05) is 19.9 Å². The van der Waals surface area contributed by atoms with E-state index in [-0.39, 0.29) is 11.7 Å². The van der Waals surface area contributed by atoms with E-state index in [1.54, 1.807) is 10.7 Å². The fraction of sp³-hybridized carbons (Fsp3) is 0.474. The van der Waals surface area contributed by atoms with E-state index < -0.39 is 0 Å². The summed E-state index contributed by atoms with van der Waals surface area (Å²) >= 11 is 0. The van der Waals surface area contributed by atoms with Gasteiger partial charge in [-0.3, -0.25) is 4.79 Å². The number of carbonyl (C=O) groups is 1. The van der Waals surface area contributed by atoms with Crippen LogP contribution in [0, 0.1) is 18.7 Å². The maximum Gasteiger partial charge on any atom is 0.257 e. The molecule has 0 spiro atoms. The Morgan fingerprint density at radius 3 is 2.62 bits per heavy atom. The normalized spacial score (nSPS) is 14.6. The monoisotopic (exact) mass is 329 g/mol. The molecule has 2 aromatic rings. The Bertz CT molecular complexity index is 745. The van der Waals surface area contributed by atoms with Crippen LogP contribution in [0.3, 0.4) is 0 Å². The van der Waals surface area contributed by atoms with Crippen LogP contribution in [0.25, 0.3) is 5.69 Å². The molecule has 1 aliphatic rings. The average Bonchev–Trinajstić information content (AvgIpc) is 3.15. The minimum atomic E-state index is -0.305. The van der Waals surface area contributed by atoms with Crippen LogP contribution in [0.1, 0.15) is 48.4 Å². The first-order valence-electron chi connectivity index (χ1n) is 8.61. The zero-order chi connectivity index (χ0) is 17.3. The summed E-state index contributed by atoms with van der Waals surface area (Å²) in [6.07, 6.45) is 2.85. The van der Waals surface area contributed by atoms with E-state index in [1.807, 2.05) is 17.9 Å². The van der Waals surface area contributed by atoms with E-state index in [0.29, 0.717) is 17.2 Å². The number of carbonyl (C=O) groups excluding carboxylic acids is 1. The molecule has 4 nitrogen and oxygen atoms in total. The SMILES string of the molecule is Cc1c(C(=O)N2CCCC2)c(CC(C)C)nn1-c1cccc(F)c1. The lowest BCUT2D eigenvalue weighted by Gasteiger charge is -2.16. The van der Waals surface area contributed by atoms with Gasteiger partial charge in [0.05, 0.1) is 22.6 Å². The van der Waals surface area contributed by atoms with Crippen LogP contribution in [0.2, 0.25) is 0 Å². The molecule has 5 heteroatoms. The number of aromatic nitrogens is 2. The van der Waals surface area contributed by atoms with Gasteiger partial charge in [0.25, 0.3) is 5.91 Å². The number of amides is 1. The van der Waals surface area contributed by atoms with Gasteiger partial charge in [0.1, 0.15) is 5.82 Å². The van der Waals surface area contributed by atoms with E-state index in [2.05, 4.69) is 18.9 Å². The Balaban J connectivity index is 2.07. The van der Waals surface area contributed by atoms with Crippen LogP contribution in [0.15, 0.2) is 24.3 Å². The van der Waals surface area contributed by atoms with E-state index in [0.717, 1.165) is 43.7 Å². The van der Waals surface area contributed by atoms with Crippen molar-refractivity contribution < 1.29 is 9.18 Å². The van der Waals surface area contributed by atoms with Gasteiger partial charge in [0.15, 0.2) is 0 Å². The predicted octanol–water partition coefficient (Wildman–Crippen LogP) is 3.75. The highest BCUT2D eigenvalue weighted by molar-refractivity contribution is 5.96. The predicted molar refractivity (Wildman–Crippen MR) is 91.9 cm³/mol. The third-order valence-electron chi connectivity index (χ3n) is 4.45. The second kappa shape index (κ2) is 6.75. The zero-order valence-electron chi connectivity index (χ0n) is 14.6. The molecule has 128 valence electrons. The summed E-state index contributed by atoms with van der Waals surface area (Å²) in [6.45, 7) is 7.74. The molecular formula is C19H24FN3O. The van der Waals surface area contributed by atoms with Gasteiger partial charge in [0, 0.05) is 13.1 Å². The molecule has 1 aromatic heterocycles. The highest BCUT2D eigenvalue weighted by atomic mass is 19.1. The minimum Gasteiger partial charge on any atom is -0.339 e. The number of hydrogen-bond donors (Lipinski definition) is 0. The van der Waals surface area contributed by atoms with Crippen molar-refractivity contribution in [2.45, 2.75) is 40.0 Å². The van der Waals surface area contributed by atoms with Crippen LogP contribution in [-0.4, -0.2) is 33.7 Å². The standard InChI is InChI=1S/C19H24FN3O/c1-13(2)11-17-18(19(24)22-9-4-5-10-22)14(3)23(21-17)16-8-6-7-15(20)12-16/h6-8,12-13H,4-5,9-11H2,1-3H3. The summed E-state index contributed by atoms with van der Waals surface area (Å²) in [4.78, 5) is 14.9. The summed E-state index contributed by atoms with van der Waals surface area (Å²) in [5.74, 6) is 0.147. The van der Waals surface area contributed by atoms with E-state index in [1.165, 1.54) is 12.1 Å². The maximum absolute atomic E-state index is 13.6. The zero-order valence-corrected chi connectivity index (χ0v) is 14.6. The van der Waals surface area contributed by atoms with Gasteiger partial charge in [-0.2, -0.15) is 5.10 Å². The first-order valence-corrected chi connectivity index (χ1v) is 8.61. The lowest BCUT2D eigenvalue weighted by Crippen LogP contribution is -2.29. The topological polar surface area (TPSA) is 38.1 Å². The van der Waals surface area contributed by atoms with Crippen molar-refractivity contribution in [1.82, 2.24) is 14.7 Å². The number of nitrogens with zero attached hydrogens (tertiary/aromatic N) is 3. The van der Waals surface area contributed by atoms with E-state index in [9.17, 15) is 9.18 Å². The summed E-state index contributed by atoms with van der Waals surface area (Å²) in [5, 5.41) is 4.66. The average molecular weight is 329 g/mol. The van der Waals surface area contributed by atoms with Crippen molar-refractivity contribution in [2.24, 2.45) is 5.92 Å². The lowest BCUT2D eigenvalue weighted by atomic mass is 10.0. The first kappa shape index (κ1) is 16.7. The second-order valence-electron chi connectivity index (χ2n) is 6.90. The first-order chi connectivity index (χ1) is 11.5. The number of hydrogen-bond acceptors (Lipinski definition) is 2. The number of likely N-dealkylation sites (tertiary alicyclic amines) is 1. The highest BCUT2D eigenvalue weighted by Crippen LogP contribution is 2.24. The van der Waals surface area contributed by atoms with Crippen LogP contribution < -0.4 is 0 Å². The molecule has 0 aliphatic carbocycles. The number of benzene rings is 1. The largest absolute Gasteiger partial charge is 0.339 e. The fourth-order valence-electron chi connectivity index (χ4n) is 3.31. The molecule has 1 saturated heterocycles. The van der Waals surface area contributed by atoms with E-state index >= 15 is 0 Å². The van der Waals surface area contributed by atoms with Crippen LogP contribution in [0.4, 0.5) is 4.39 Å². The smallest absolute Gasteiger partial charge is 0.257 e. The van der Waals surface area contributed by atoms with Gasteiger partial charge < -0.3 is 4.90 Å². The van der Waals surface area contributed by atoms with Gasteiger partial charge >= 0.3 is 0 Å². The Kier molecular flexibility index (Phi) is 4.69. The van der Waals surface area contributed by atoms with Crippen molar-refractivity contribution in [2.75, 3.05) is 13.1 Å². The van der Waals surface area contributed by atoms with Gasteiger partial charge in [-0.05, 0) is 50.3 Å². The maximum atomic E-state index is 13.6. The molecule has 1 fully saturated rings. The van der Waals surface area contributed by atoms with Crippen LogP contribution in [0.5, 0.6) is 0 Å². The third kappa shape index (κ3) is 3.21. The number of halogens is 1.